The third-order valence-corrected chi connectivity index (χ3v) is 2.35. The minimum absolute atomic E-state index is 0.185. The summed E-state index contributed by atoms with van der Waals surface area (Å²) in [7, 11) is 1.59. The van der Waals surface area contributed by atoms with E-state index < -0.39 is 12.2 Å². The van der Waals surface area contributed by atoms with Gasteiger partial charge < -0.3 is 24.4 Å². The molecule has 0 radical (unpaired) electrons. The van der Waals surface area contributed by atoms with Crippen LogP contribution in [-0.2, 0) is 14.2 Å². The average Bonchev–Trinajstić information content (AvgIpc) is 2.45. The van der Waals surface area contributed by atoms with E-state index in [9.17, 15) is 5.11 Å². The maximum Gasteiger partial charge on any atom is 0.112 e. The predicted octanol–water partition coefficient (Wildman–Crippen LogP) is -0.842. The van der Waals surface area contributed by atoms with Crippen LogP contribution in [0.2, 0.25) is 0 Å². The largest absolute Gasteiger partial charge is 0.394 e. The first kappa shape index (κ1) is 11.9. The highest BCUT2D eigenvalue weighted by Gasteiger charge is 2.41. The van der Waals surface area contributed by atoms with Gasteiger partial charge in [0.25, 0.3) is 0 Å². The summed E-state index contributed by atoms with van der Waals surface area (Å²) in [6, 6.07) is 0. The predicted molar refractivity (Wildman–Crippen MR) is 49.0 cm³/mol. The fourth-order valence-corrected chi connectivity index (χ4v) is 1.58. The number of ether oxygens (including phenoxy) is 3. The van der Waals surface area contributed by atoms with Crippen molar-refractivity contribution in [2.45, 2.75) is 31.3 Å². The van der Waals surface area contributed by atoms with Crippen LogP contribution in [0.4, 0.5) is 0 Å². The van der Waals surface area contributed by atoms with E-state index in [1.165, 1.54) is 0 Å². The number of rotatable bonds is 5. The van der Waals surface area contributed by atoms with Crippen molar-refractivity contribution in [1.82, 2.24) is 0 Å². The van der Waals surface area contributed by atoms with Crippen molar-refractivity contribution in [3.8, 4) is 0 Å². The first-order chi connectivity index (χ1) is 6.70. The molecule has 2 N–H and O–H groups in total. The number of hydrogen-bond acceptors (Lipinski definition) is 5. The molecule has 0 spiro atoms. The fourth-order valence-electron chi connectivity index (χ4n) is 1.58. The Labute approximate surface area is 83.6 Å². The topological polar surface area (TPSA) is 68.2 Å². The van der Waals surface area contributed by atoms with Crippen molar-refractivity contribution < 1.29 is 24.4 Å². The van der Waals surface area contributed by atoms with Gasteiger partial charge in [0.1, 0.15) is 18.3 Å². The molecule has 0 bridgehead atoms. The minimum atomic E-state index is -0.758. The van der Waals surface area contributed by atoms with E-state index in [4.69, 9.17) is 19.3 Å². The molecule has 1 rings (SSSR count). The Hall–Kier alpha value is -0.200. The molecule has 0 aliphatic carbocycles. The zero-order valence-electron chi connectivity index (χ0n) is 8.55. The Morgan fingerprint density at radius 1 is 1.36 bits per heavy atom. The molecule has 0 saturated carbocycles. The number of methoxy groups -OCH3 is 1. The van der Waals surface area contributed by atoms with E-state index in [1.807, 2.05) is 6.92 Å². The Morgan fingerprint density at radius 3 is 2.57 bits per heavy atom. The molecule has 5 nitrogen and oxygen atoms in total. The highest BCUT2D eigenvalue weighted by molar-refractivity contribution is 4.89. The van der Waals surface area contributed by atoms with E-state index in [0.29, 0.717) is 13.2 Å². The van der Waals surface area contributed by atoms with Crippen molar-refractivity contribution >= 4 is 0 Å². The SMILES string of the molecule is COCCOC1C(C)OC(CO)C1O. The summed E-state index contributed by atoms with van der Waals surface area (Å²) in [5.41, 5.74) is 0. The van der Waals surface area contributed by atoms with Gasteiger partial charge in [0, 0.05) is 7.11 Å². The lowest BCUT2D eigenvalue weighted by molar-refractivity contribution is -0.0480. The van der Waals surface area contributed by atoms with Gasteiger partial charge in [-0.05, 0) is 6.92 Å². The molecule has 0 aromatic carbocycles. The second-order valence-corrected chi connectivity index (χ2v) is 3.38. The third-order valence-electron chi connectivity index (χ3n) is 2.35. The van der Waals surface area contributed by atoms with E-state index in [1.54, 1.807) is 7.11 Å². The summed E-state index contributed by atoms with van der Waals surface area (Å²) >= 11 is 0. The van der Waals surface area contributed by atoms with Crippen LogP contribution in [0, 0.1) is 0 Å². The van der Waals surface area contributed by atoms with Gasteiger partial charge in [0.05, 0.1) is 25.9 Å². The van der Waals surface area contributed by atoms with Crippen LogP contribution in [0.1, 0.15) is 6.92 Å². The molecule has 1 aliphatic heterocycles. The highest BCUT2D eigenvalue weighted by Crippen LogP contribution is 2.23. The molecule has 1 saturated heterocycles. The van der Waals surface area contributed by atoms with Gasteiger partial charge in [-0.1, -0.05) is 0 Å². The smallest absolute Gasteiger partial charge is 0.112 e. The van der Waals surface area contributed by atoms with E-state index >= 15 is 0 Å². The van der Waals surface area contributed by atoms with Crippen molar-refractivity contribution in [3.05, 3.63) is 0 Å². The molecular weight excluding hydrogens is 188 g/mol. The standard InChI is InChI=1S/C9H18O5/c1-6-9(13-4-3-12-2)8(11)7(5-10)14-6/h6-11H,3-5H2,1-2H3. The second-order valence-electron chi connectivity index (χ2n) is 3.38. The van der Waals surface area contributed by atoms with E-state index in [0.717, 1.165) is 0 Å². The first-order valence-electron chi connectivity index (χ1n) is 4.75. The summed E-state index contributed by atoms with van der Waals surface area (Å²) in [6.07, 6.45) is -1.86. The van der Waals surface area contributed by atoms with Crippen molar-refractivity contribution in [1.29, 1.82) is 0 Å². The van der Waals surface area contributed by atoms with E-state index in [-0.39, 0.29) is 18.8 Å². The molecule has 4 atom stereocenters. The maximum atomic E-state index is 9.67. The highest BCUT2D eigenvalue weighted by atomic mass is 16.6. The van der Waals surface area contributed by atoms with Gasteiger partial charge in [-0.25, -0.2) is 0 Å². The van der Waals surface area contributed by atoms with Gasteiger partial charge in [-0.2, -0.15) is 0 Å². The lowest BCUT2D eigenvalue weighted by atomic mass is 10.1. The van der Waals surface area contributed by atoms with Crippen LogP contribution in [0.3, 0.4) is 0 Å². The Kier molecular flexibility index (Phi) is 4.77. The molecule has 1 heterocycles. The van der Waals surface area contributed by atoms with E-state index in [2.05, 4.69) is 0 Å². The van der Waals surface area contributed by atoms with Gasteiger partial charge >= 0.3 is 0 Å². The molecular formula is C9H18O5. The zero-order valence-corrected chi connectivity index (χ0v) is 8.55. The minimum Gasteiger partial charge on any atom is -0.394 e. The van der Waals surface area contributed by atoms with Crippen molar-refractivity contribution in [3.63, 3.8) is 0 Å². The zero-order chi connectivity index (χ0) is 10.6. The summed E-state index contributed by atoms with van der Waals surface area (Å²) in [5.74, 6) is 0. The number of hydrogen-bond donors (Lipinski definition) is 2. The molecule has 14 heavy (non-hydrogen) atoms. The molecule has 0 amide bonds. The van der Waals surface area contributed by atoms with Gasteiger partial charge in [0.2, 0.25) is 0 Å². The van der Waals surface area contributed by atoms with Crippen LogP contribution in [0.15, 0.2) is 0 Å². The monoisotopic (exact) mass is 206 g/mol. The van der Waals surface area contributed by atoms with Crippen LogP contribution in [0.5, 0.6) is 0 Å². The molecule has 0 aromatic heterocycles. The average molecular weight is 206 g/mol. The van der Waals surface area contributed by atoms with Crippen LogP contribution < -0.4 is 0 Å². The Morgan fingerprint density at radius 2 is 2.07 bits per heavy atom. The molecule has 84 valence electrons. The van der Waals surface area contributed by atoms with Crippen LogP contribution in [0.25, 0.3) is 0 Å². The van der Waals surface area contributed by atoms with Gasteiger partial charge in [-0.15, -0.1) is 0 Å². The van der Waals surface area contributed by atoms with Gasteiger partial charge in [0.15, 0.2) is 0 Å². The fraction of sp³-hybridized carbons (Fsp3) is 1.00. The molecule has 1 aliphatic rings. The number of aliphatic hydroxyl groups excluding tert-OH is 2. The summed E-state index contributed by atoms with van der Waals surface area (Å²) in [4.78, 5) is 0. The summed E-state index contributed by atoms with van der Waals surface area (Å²) in [6.45, 7) is 2.54. The van der Waals surface area contributed by atoms with Gasteiger partial charge in [-0.3, -0.25) is 0 Å². The second kappa shape index (κ2) is 5.63. The summed E-state index contributed by atoms with van der Waals surface area (Å²) in [5, 5.41) is 18.5. The summed E-state index contributed by atoms with van der Waals surface area (Å²) < 4.78 is 15.5. The lowest BCUT2D eigenvalue weighted by Crippen LogP contribution is -2.36. The lowest BCUT2D eigenvalue weighted by Gasteiger charge is -2.18. The molecule has 5 heteroatoms. The third kappa shape index (κ3) is 2.65. The maximum absolute atomic E-state index is 9.67. The van der Waals surface area contributed by atoms with Crippen LogP contribution >= 0.6 is 0 Å². The first-order valence-corrected chi connectivity index (χ1v) is 4.75. The van der Waals surface area contributed by atoms with Crippen molar-refractivity contribution in [2.24, 2.45) is 0 Å². The van der Waals surface area contributed by atoms with Crippen molar-refractivity contribution in [2.75, 3.05) is 26.9 Å². The molecule has 1 fully saturated rings. The van der Waals surface area contributed by atoms with Crippen LogP contribution in [-0.4, -0.2) is 61.6 Å². The molecule has 4 unspecified atom stereocenters. The quantitative estimate of drug-likeness (QED) is 0.574. The molecule has 0 aromatic rings. The Balaban J connectivity index is 2.36. The normalized spacial score (nSPS) is 37.7. The Bertz CT molecular complexity index is 163. The number of aliphatic hydroxyl groups is 2.